The van der Waals surface area contributed by atoms with Crippen molar-refractivity contribution in [2.24, 2.45) is 5.41 Å². The first-order valence-electron chi connectivity index (χ1n) is 4.42. The van der Waals surface area contributed by atoms with Crippen molar-refractivity contribution in [1.82, 2.24) is 0 Å². The third-order valence-electron chi connectivity index (χ3n) is 2.40. The molecule has 12 heavy (non-hydrogen) atoms. The van der Waals surface area contributed by atoms with Crippen LogP contribution in [0.4, 0.5) is 0 Å². The number of rotatable bonds is 6. The first-order valence-corrected chi connectivity index (χ1v) is 5.54. The summed E-state index contributed by atoms with van der Waals surface area (Å²) in [5.41, 5.74) is -0.532. The summed E-state index contributed by atoms with van der Waals surface area (Å²) in [5.74, 6) is -0.671. The molecule has 0 heterocycles. The van der Waals surface area contributed by atoms with E-state index >= 15 is 0 Å². The predicted octanol–water partition coefficient (Wildman–Crippen LogP) is 3.05. The lowest BCUT2D eigenvalue weighted by molar-refractivity contribution is -0.148. The Balaban J connectivity index is 4.25. The van der Waals surface area contributed by atoms with E-state index in [0.29, 0.717) is 11.8 Å². The van der Waals surface area contributed by atoms with Crippen molar-refractivity contribution in [2.45, 2.75) is 39.5 Å². The lowest BCUT2D eigenvalue weighted by atomic mass is 9.82. The fourth-order valence-corrected chi connectivity index (χ4v) is 2.09. The maximum Gasteiger partial charge on any atom is 0.310 e. The first kappa shape index (κ1) is 11.9. The number of halogens is 1. The maximum absolute atomic E-state index is 11.0. The second-order valence-corrected chi connectivity index (χ2v) is 3.74. The second kappa shape index (κ2) is 5.57. The predicted molar refractivity (Wildman–Crippen MR) is 53.7 cm³/mol. The lowest BCUT2D eigenvalue weighted by Gasteiger charge is -2.25. The van der Waals surface area contributed by atoms with Gasteiger partial charge in [-0.3, -0.25) is 4.79 Å². The normalized spacial score (nSPS) is 15.6. The highest BCUT2D eigenvalue weighted by Crippen LogP contribution is 2.31. The highest BCUT2D eigenvalue weighted by molar-refractivity contribution is 9.09. The fourth-order valence-electron chi connectivity index (χ4n) is 1.17. The Kier molecular flexibility index (Phi) is 5.55. The molecule has 0 aromatic rings. The number of hydrogen-bond donors (Lipinski definition) is 1. The third kappa shape index (κ3) is 2.77. The molecule has 0 aromatic carbocycles. The monoisotopic (exact) mass is 236 g/mol. The van der Waals surface area contributed by atoms with Gasteiger partial charge in [-0.1, -0.05) is 42.6 Å². The van der Waals surface area contributed by atoms with E-state index in [-0.39, 0.29) is 0 Å². The van der Waals surface area contributed by atoms with Gasteiger partial charge in [-0.15, -0.1) is 0 Å². The molecular weight excluding hydrogens is 220 g/mol. The van der Waals surface area contributed by atoms with Crippen LogP contribution in [0, 0.1) is 5.41 Å². The molecule has 0 saturated carbocycles. The summed E-state index contributed by atoms with van der Waals surface area (Å²) in [6.45, 7) is 4.02. The van der Waals surface area contributed by atoms with Crippen LogP contribution in [-0.4, -0.2) is 16.4 Å². The summed E-state index contributed by atoms with van der Waals surface area (Å²) >= 11 is 3.28. The Hall–Kier alpha value is -0.0500. The quantitative estimate of drug-likeness (QED) is 0.721. The summed E-state index contributed by atoms with van der Waals surface area (Å²) in [7, 11) is 0. The molecule has 3 heteroatoms. The number of carboxylic acids is 1. The molecule has 0 radical (unpaired) electrons. The van der Waals surface area contributed by atoms with Gasteiger partial charge < -0.3 is 5.11 Å². The molecule has 0 amide bonds. The van der Waals surface area contributed by atoms with Gasteiger partial charge in [0, 0.05) is 5.33 Å². The van der Waals surface area contributed by atoms with Crippen LogP contribution in [-0.2, 0) is 4.79 Å². The van der Waals surface area contributed by atoms with Crippen LogP contribution >= 0.6 is 15.9 Å². The summed E-state index contributed by atoms with van der Waals surface area (Å²) in [5, 5.41) is 9.58. The minimum Gasteiger partial charge on any atom is -0.481 e. The van der Waals surface area contributed by atoms with E-state index in [4.69, 9.17) is 5.11 Å². The number of unbranched alkanes of at least 4 members (excludes halogenated alkanes) is 1. The zero-order valence-corrected chi connectivity index (χ0v) is 9.35. The highest BCUT2D eigenvalue weighted by Gasteiger charge is 2.34. The van der Waals surface area contributed by atoms with E-state index in [9.17, 15) is 4.79 Å². The van der Waals surface area contributed by atoms with Gasteiger partial charge >= 0.3 is 5.97 Å². The molecule has 1 N–H and O–H groups in total. The fraction of sp³-hybridized carbons (Fsp3) is 0.889. The zero-order valence-electron chi connectivity index (χ0n) is 7.77. The Bertz CT molecular complexity index is 141. The van der Waals surface area contributed by atoms with Gasteiger partial charge in [0.05, 0.1) is 5.41 Å². The van der Waals surface area contributed by atoms with Crippen molar-refractivity contribution in [1.29, 1.82) is 0 Å². The van der Waals surface area contributed by atoms with Crippen LogP contribution in [0.25, 0.3) is 0 Å². The molecule has 2 nitrogen and oxygen atoms in total. The molecule has 0 spiro atoms. The average Bonchev–Trinajstić information content (AvgIpc) is 2.07. The number of alkyl halides is 1. The van der Waals surface area contributed by atoms with Crippen molar-refractivity contribution in [3.05, 3.63) is 0 Å². The molecule has 0 saturated heterocycles. The highest BCUT2D eigenvalue weighted by atomic mass is 79.9. The molecule has 0 aliphatic heterocycles. The number of carbonyl (C=O) groups is 1. The van der Waals surface area contributed by atoms with Crippen LogP contribution in [0.5, 0.6) is 0 Å². The van der Waals surface area contributed by atoms with Crippen molar-refractivity contribution in [3.8, 4) is 0 Å². The molecular formula is C9H17BrO2. The van der Waals surface area contributed by atoms with Crippen molar-refractivity contribution >= 4 is 21.9 Å². The molecule has 0 aliphatic rings. The lowest BCUT2D eigenvalue weighted by Crippen LogP contribution is -2.32. The molecule has 1 atom stereocenters. The zero-order chi connectivity index (χ0) is 9.61. The van der Waals surface area contributed by atoms with Crippen LogP contribution in [0.2, 0.25) is 0 Å². The summed E-state index contributed by atoms with van der Waals surface area (Å²) in [4.78, 5) is 11.0. The number of aliphatic carboxylic acids is 1. The minimum atomic E-state index is -0.671. The van der Waals surface area contributed by atoms with Crippen LogP contribution in [0.15, 0.2) is 0 Å². The number of hydrogen-bond acceptors (Lipinski definition) is 1. The SMILES string of the molecule is CCCC[C@](CC)(CBr)C(=O)O. The van der Waals surface area contributed by atoms with Crippen molar-refractivity contribution in [3.63, 3.8) is 0 Å². The molecule has 0 aliphatic carbocycles. The van der Waals surface area contributed by atoms with Gasteiger partial charge in [-0.2, -0.15) is 0 Å². The van der Waals surface area contributed by atoms with E-state index in [1.807, 2.05) is 6.92 Å². The standard InChI is InChI=1S/C9H17BrO2/c1-3-5-6-9(4-2,7-10)8(11)12/h3-7H2,1-2H3,(H,11,12)/t9-/m1/s1. The number of carboxylic acid groups (broad SMARTS) is 1. The van der Waals surface area contributed by atoms with Gasteiger partial charge in [0.25, 0.3) is 0 Å². The van der Waals surface area contributed by atoms with Crippen LogP contribution < -0.4 is 0 Å². The van der Waals surface area contributed by atoms with E-state index in [0.717, 1.165) is 19.3 Å². The van der Waals surface area contributed by atoms with Crippen LogP contribution in [0.3, 0.4) is 0 Å². The van der Waals surface area contributed by atoms with E-state index < -0.39 is 11.4 Å². The van der Waals surface area contributed by atoms with Gasteiger partial charge in [-0.05, 0) is 12.8 Å². The largest absolute Gasteiger partial charge is 0.481 e. The van der Waals surface area contributed by atoms with E-state index in [1.54, 1.807) is 0 Å². The average molecular weight is 237 g/mol. The third-order valence-corrected chi connectivity index (χ3v) is 3.47. The van der Waals surface area contributed by atoms with Crippen LogP contribution in [0.1, 0.15) is 39.5 Å². The van der Waals surface area contributed by atoms with E-state index in [2.05, 4.69) is 22.9 Å². The van der Waals surface area contributed by atoms with Crippen molar-refractivity contribution in [2.75, 3.05) is 5.33 Å². The first-order chi connectivity index (χ1) is 5.63. The molecule has 72 valence electrons. The minimum absolute atomic E-state index is 0.532. The Morgan fingerprint density at radius 2 is 2.08 bits per heavy atom. The van der Waals surface area contributed by atoms with Gasteiger partial charge in [0.2, 0.25) is 0 Å². The molecule has 0 fully saturated rings. The van der Waals surface area contributed by atoms with E-state index in [1.165, 1.54) is 0 Å². The molecule has 0 unspecified atom stereocenters. The maximum atomic E-state index is 11.0. The summed E-state index contributed by atoms with van der Waals surface area (Å²) in [6.07, 6.45) is 3.53. The Labute approximate surface area is 82.5 Å². The topological polar surface area (TPSA) is 37.3 Å². The Morgan fingerprint density at radius 3 is 2.33 bits per heavy atom. The Morgan fingerprint density at radius 1 is 1.50 bits per heavy atom. The smallest absolute Gasteiger partial charge is 0.310 e. The van der Waals surface area contributed by atoms with Gasteiger partial charge in [0.15, 0.2) is 0 Å². The summed E-state index contributed by atoms with van der Waals surface area (Å²) in [6, 6.07) is 0. The molecule has 0 rings (SSSR count). The molecule has 0 bridgehead atoms. The van der Waals surface area contributed by atoms with Gasteiger partial charge in [-0.25, -0.2) is 0 Å². The summed E-state index contributed by atoms with van der Waals surface area (Å²) < 4.78 is 0. The second-order valence-electron chi connectivity index (χ2n) is 3.18. The molecule has 0 aromatic heterocycles. The van der Waals surface area contributed by atoms with Gasteiger partial charge in [0.1, 0.15) is 0 Å². The van der Waals surface area contributed by atoms with Crippen molar-refractivity contribution < 1.29 is 9.90 Å².